The molecule has 0 aliphatic carbocycles. The van der Waals surface area contributed by atoms with Gasteiger partial charge in [-0.3, -0.25) is 4.57 Å². The maximum atomic E-state index is 5.26. The van der Waals surface area contributed by atoms with Crippen LogP contribution >= 0.6 is 0 Å². The lowest BCUT2D eigenvalue weighted by Crippen LogP contribution is -2.03. The molecule has 0 aliphatic rings. The summed E-state index contributed by atoms with van der Waals surface area (Å²) >= 11 is 0. The van der Waals surface area contributed by atoms with Gasteiger partial charge >= 0.3 is 0 Å². The largest absolute Gasteiger partial charge is 0.278 e. The highest BCUT2D eigenvalue weighted by molar-refractivity contribution is 6.11. The van der Waals surface area contributed by atoms with E-state index in [1.165, 1.54) is 37.9 Å². The van der Waals surface area contributed by atoms with E-state index in [9.17, 15) is 0 Å². The first kappa shape index (κ1) is 21.1. The summed E-state index contributed by atoms with van der Waals surface area (Å²) in [5, 5.41) is 8.50. The molecule has 8 rings (SSSR count). The van der Waals surface area contributed by atoms with Crippen LogP contribution in [0, 0.1) is 6.92 Å². The van der Waals surface area contributed by atoms with Gasteiger partial charge in [0.1, 0.15) is 0 Å². The van der Waals surface area contributed by atoms with Crippen molar-refractivity contribution in [3.63, 3.8) is 0 Å². The maximum Gasteiger partial charge on any atom is 0.235 e. The molecular weight excluding hydrogens is 462 g/mol. The molecule has 3 nitrogen and oxygen atoms in total. The van der Waals surface area contributed by atoms with E-state index in [1.54, 1.807) is 0 Å². The van der Waals surface area contributed by atoms with Crippen molar-refractivity contribution in [3.05, 3.63) is 127 Å². The van der Waals surface area contributed by atoms with E-state index in [-0.39, 0.29) is 0 Å². The topological polar surface area (TPSA) is 30.7 Å². The molecule has 0 N–H and O–H groups in total. The average Bonchev–Trinajstić information content (AvgIpc) is 3.32. The Kier molecular flexibility index (Phi) is 4.44. The van der Waals surface area contributed by atoms with Crippen molar-refractivity contribution in [2.75, 3.05) is 0 Å². The summed E-state index contributed by atoms with van der Waals surface area (Å²) < 4.78 is 2.21. The van der Waals surface area contributed by atoms with E-state index >= 15 is 0 Å². The third kappa shape index (κ3) is 3.02. The molecule has 0 saturated carbocycles. The van der Waals surface area contributed by atoms with Crippen molar-refractivity contribution in [2.24, 2.45) is 0 Å². The SMILES string of the molecule is Cc1cccc2c1c1ccccc1n2-c1nc(-c2ccc3c(ccc4ccccc43)c2)c2ccccc2n1. The quantitative estimate of drug-likeness (QED) is 0.229. The van der Waals surface area contributed by atoms with Gasteiger partial charge in [-0.05, 0) is 58.3 Å². The molecule has 0 fully saturated rings. The van der Waals surface area contributed by atoms with Crippen molar-refractivity contribution >= 4 is 54.3 Å². The number of benzene rings is 6. The van der Waals surface area contributed by atoms with Gasteiger partial charge in [-0.1, -0.05) is 97.1 Å². The first-order valence-electron chi connectivity index (χ1n) is 12.9. The van der Waals surface area contributed by atoms with Crippen LogP contribution in [0.2, 0.25) is 0 Å². The number of fused-ring (bicyclic) bond motifs is 7. The van der Waals surface area contributed by atoms with E-state index in [0.29, 0.717) is 5.95 Å². The van der Waals surface area contributed by atoms with Crippen molar-refractivity contribution in [1.82, 2.24) is 14.5 Å². The third-order valence-corrected chi connectivity index (χ3v) is 7.72. The van der Waals surface area contributed by atoms with Gasteiger partial charge in [0.15, 0.2) is 0 Å². The standard InChI is InChI=1S/C35H23N3/c1-22-9-8-16-32-33(22)29-13-5-7-15-31(29)38(32)35-36-30-14-6-4-12-28(30)34(37-35)25-19-20-27-24(21-25)18-17-23-10-2-3-11-26(23)27/h2-21H,1H3. The molecule has 0 unspecified atom stereocenters. The van der Waals surface area contributed by atoms with Crippen LogP contribution in [-0.2, 0) is 0 Å². The van der Waals surface area contributed by atoms with Crippen LogP contribution in [0.25, 0.3) is 71.5 Å². The number of rotatable bonds is 2. The smallest absolute Gasteiger partial charge is 0.235 e. The van der Waals surface area contributed by atoms with Crippen molar-refractivity contribution in [3.8, 4) is 17.2 Å². The van der Waals surface area contributed by atoms with Crippen LogP contribution in [0.1, 0.15) is 5.56 Å². The summed E-state index contributed by atoms with van der Waals surface area (Å²) in [5.74, 6) is 0.689. The van der Waals surface area contributed by atoms with Crippen molar-refractivity contribution in [1.29, 1.82) is 0 Å². The highest BCUT2D eigenvalue weighted by Gasteiger charge is 2.18. The molecule has 38 heavy (non-hydrogen) atoms. The number of hydrogen-bond donors (Lipinski definition) is 0. The summed E-state index contributed by atoms with van der Waals surface area (Å²) in [5.41, 5.74) is 6.45. The van der Waals surface area contributed by atoms with Crippen LogP contribution < -0.4 is 0 Å². The van der Waals surface area contributed by atoms with Crippen LogP contribution in [0.15, 0.2) is 121 Å². The van der Waals surface area contributed by atoms with Crippen molar-refractivity contribution in [2.45, 2.75) is 6.92 Å². The molecule has 0 radical (unpaired) electrons. The van der Waals surface area contributed by atoms with E-state index in [2.05, 4.69) is 127 Å². The molecule has 2 aromatic heterocycles. The summed E-state index contributed by atoms with van der Waals surface area (Å²) in [6.07, 6.45) is 0. The number of aromatic nitrogens is 3. The molecule has 6 aromatic carbocycles. The number of aryl methyl sites for hydroxylation is 1. The van der Waals surface area contributed by atoms with E-state index in [1.807, 2.05) is 6.07 Å². The third-order valence-electron chi connectivity index (χ3n) is 7.72. The Morgan fingerprint density at radius 3 is 2.16 bits per heavy atom. The summed E-state index contributed by atoms with van der Waals surface area (Å²) in [6.45, 7) is 2.17. The monoisotopic (exact) mass is 485 g/mol. The van der Waals surface area contributed by atoms with Gasteiger partial charge in [0.2, 0.25) is 5.95 Å². The molecule has 0 amide bonds. The molecule has 8 aromatic rings. The lowest BCUT2D eigenvalue weighted by atomic mass is 9.98. The van der Waals surface area contributed by atoms with E-state index in [0.717, 1.165) is 33.2 Å². The first-order valence-corrected chi connectivity index (χ1v) is 12.9. The molecule has 3 heteroatoms. The Morgan fingerprint density at radius 2 is 1.24 bits per heavy atom. The van der Waals surface area contributed by atoms with Gasteiger partial charge in [0.05, 0.1) is 22.2 Å². The van der Waals surface area contributed by atoms with Gasteiger partial charge in [0.25, 0.3) is 0 Å². The minimum Gasteiger partial charge on any atom is -0.278 e. The number of nitrogens with zero attached hydrogens (tertiary/aromatic N) is 3. The second-order valence-corrected chi connectivity index (χ2v) is 9.93. The molecular formula is C35H23N3. The van der Waals surface area contributed by atoms with Crippen LogP contribution in [0.5, 0.6) is 0 Å². The molecule has 2 heterocycles. The predicted octanol–water partition coefficient (Wildman–Crippen LogP) is 9.01. The molecule has 0 atom stereocenters. The zero-order valence-electron chi connectivity index (χ0n) is 20.9. The fraction of sp³-hybridized carbons (Fsp3) is 0.0286. The first-order chi connectivity index (χ1) is 18.8. The molecule has 0 spiro atoms. The molecule has 0 saturated heterocycles. The summed E-state index contributed by atoms with van der Waals surface area (Å²) in [7, 11) is 0. The van der Waals surface area contributed by atoms with Crippen LogP contribution in [0.4, 0.5) is 0 Å². The highest BCUT2D eigenvalue weighted by atomic mass is 15.2. The molecule has 178 valence electrons. The Labute approximate surface area is 219 Å². The Balaban J connectivity index is 1.44. The predicted molar refractivity (Wildman–Crippen MR) is 159 cm³/mol. The molecule has 0 bridgehead atoms. The fourth-order valence-corrected chi connectivity index (χ4v) is 5.96. The van der Waals surface area contributed by atoms with Crippen LogP contribution in [-0.4, -0.2) is 14.5 Å². The Morgan fingerprint density at radius 1 is 0.526 bits per heavy atom. The van der Waals surface area contributed by atoms with E-state index in [4.69, 9.17) is 9.97 Å². The van der Waals surface area contributed by atoms with Gasteiger partial charge < -0.3 is 0 Å². The Bertz CT molecular complexity index is 2200. The maximum absolute atomic E-state index is 5.26. The second kappa shape index (κ2) is 7.99. The summed E-state index contributed by atoms with van der Waals surface area (Å²) in [4.78, 5) is 10.4. The molecule has 0 aliphatic heterocycles. The minimum atomic E-state index is 0.689. The van der Waals surface area contributed by atoms with Gasteiger partial charge in [-0.25, -0.2) is 9.97 Å². The Hall–Kier alpha value is -5.02. The number of hydrogen-bond acceptors (Lipinski definition) is 2. The average molecular weight is 486 g/mol. The number of para-hydroxylation sites is 2. The lowest BCUT2D eigenvalue weighted by Gasteiger charge is -2.12. The van der Waals surface area contributed by atoms with E-state index < -0.39 is 0 Å². The van der Waals surface area contributed by atoms with Gasteiger partial charge in [-0.2, -0.15) is 0 Å². The highest BCUT2D eigenvalue weighted by Crippen LogP contribution is 2.36. The second-order valence-electron chi connectivity index (χ2n) is 9.93. The zero-order chi connectivity index (χ0) is 25.2. The van der Waals surface area contributed by atoms with Gasteiger partial charge in [-0.15, -0.1) is 0 Å². The van der Waals surface area contributed by atoms with Crippen LogP contribution in [0.3, 0.4) is 0 Å². The fourth-order valence-electron chi connectivity index (χ4n) is 5.96. The van der Waals surface area contributed by atoms with Gasteiger partial charge in [0, 0.05) is 21.7 Å². The minimum absolute atomic E-state index is 0.689. The summed E-state index contributed by atoms with van der Waals surface area (Å²) in [6, 6.07) is 43.0. The normalized spacial score (nSPS) is 11.8. The lowest BCUT2D eigenvalue weighted by molar-refractivity contribution is 1.01. The zero-order valence-corrected chi connectivity index (χ0v) is 20.9. The van der Waals surface area contributed by atoms with Crippen molar-refractivity contribution < 1.29 is 0 Å².